The second kappa shape index (κ2) is 3.71. The largest absolute Gasteiger partial charge is 0.381 e. The zero-order valence-corrected chi connectivity index (χ0v) is 8.62. The van der Waals surface area contributed by atoms with Gasteiger partial charge < -0.3 is 10.5 Å². The van der Waals surface area contributed by atoms with E-state index in [-0.39, 0.29) is 5.41 Å². The molecular weight excluding hydrogens is 174 g/mol. The van der Waals surface area contributed by atoms with Gasteiger partial charge in [0.05, 0.1) is 6.61 Å². The van der Waals surface area contributed by atoms with Gasteiger partial charge >= 0.3 is 0 Å². The minimum absolute atomic E-state index is 0.200. The van der Waals surface area contributed by atoms with Gasteiger partial charge in [0.15, 0.2) is 0 Å². The Balaban J connectivity index is 2.30. The van der Waals surface area contributed by atoms with Crippen LogP contribution in [0.4, 0.5) is 0 Å². The third kappa shape index (κ3) is 1.68. The van der Waals surface area contributed by atoms with Gasteiger partial charge in [0.2, 0.25) is 0 Å². The number of hydrogen-bond donors (Lipinski definition) is 1. The van der Waals surface area contributed by atoms with Crippen molar-refractivity contribution in [2.45, 2.75) is 25.3 Å². The van der Waals surface area contributed by atoms with Gasteiger partial charge in [-0.05, 0) is 17.5 Å². The van der Waals surface area contributed by atoms with E-state index in [0.717, 1.165) is 19.6 Å². The molecule has 1 aromatic carbocycles. The zero-order chi connectivity index (χ0) is 10.0. The lowest BCUT2D eigenvalue weighted by Crippen LogP contribution is -2.21. The van der Waals surface area contributed by atoms with Crippen LogP contribution in [-0.4, -0.2) is 13.2 Å². The summed E-state index contributed by atoms with van der Waals surface area (Å²) in [5.41, 5.74) is 8.39. The highest BCUT2D eigenvalue weighted by molar-refractivity contribution is 5.30. The Kier molecular flexibility index (Phi) is 2.57. The molecule has 1 aromatic rings. The monoisotopic (exact) mass is 191 g/mol. The normalized spacial score (nSPS) is 26.7. The molecule has 1 fully saturated rings. The molecule has 1 heterocycles. The maximum absolute atomic E-state index is 5.63. The molecule has 2 heteroatoms. The van der Waals surface area contributed by atoms with Crippen LogP contribution in [0.3, 0.4) is 0 Å². The van der Waals surface area contributed by atoms with Crippen LogP contribution in [0.25, 0.3) is 0 Å². The fourth-order valence-electron chi connectivity index (χ4n) is 1.97. The number of rotatable bonds is 2. The van der Waals surface area contributed by atoms with Gasteiger partial charge in [0, 0.05) is 18.6 Å². The highest BCUT2D eigenvalue weighted by atomic mass is 16.5. The van der Waals surface area contributed by atoms with Crippen LogP contribution in [-0.2, 0) is 16.7 Å². The Labute approximate surface area is 85.1 Å². The first-order valence-corrected chi connectivity index (χ1v) is 5.12. The Morgan fingerprint density at radius 2 is 2.36 bits per heavy atom. The highest BCUT2D eigenvalue weighted by Gasteiger charge is 2.31. The van der Waals surface area contributed by atoms with E-state index in [0.29, 0.717) is 6.54 Å². The van der Waals surface area contributed by atoms with Crippen molar-refractivity contribution < 1.29 is 4.74 Å². The molecule has 0 radical (unpaired) electrons. The van der Waals surface area contributed by atoms with Crippen LogP contribution in [0.5, 0.6) is 0 Å². The molecule has 0 amide bonds. The average molecular weight is 191 g/mol. The van der Waals surface area contributed by atoms with Crippen molar-refractivity contribution >= 4 is 0 Å². The van der Waals surface area contributed by atoms with Gasteiger partial charge in [-0.1, -0.05) is 31.2 Å². The van der Waals surface area contributed by atoms with Crippen LogP contribution in [0.1, 0.15) is 24.5 Å². The molecule has 1 unspecified atom stereocenters. The van der Waals surface area contributed by atoms with E-state index in [1.165, 1.54) is 11.1 Å². The first kappa shape index (κ1) is 9.69. The van der Waals surface area contributed by atoms with Crippen LogP contribution >= 0.6 is 0 Å². The fourth-order valence-corrected chi connectivity index (χ4v) is 1.97. The molecule has 1 aliphatic heterocycles. The lowest BCUT2D eigenvalue weighted by Gasteiger charge is -2.22. The molecule has 1 atom stereocenters. The molecule has 0 spiro atoms. The van der Waals surface area contributed by atoms with Crippen LogP contribution in [0, 0.1) is 0 Å². The molecular formula is C12H17NO. The molecule has 76 valence electrons. The molecule has 0 saturated carbocycles. The van der Waals surface area contributed by atoms with Crippen LogP contribution < -0.4 is 5.73 Å². The Hall–Kier alpha value is -0.860. The molecule has 0 aromatic heterocycles. The number of hydrogen-bond acceptors (Lipinski definition) is 2. The topological polar surface area (TPSA) is 35.2 Å². The number of ether oxygens (including phenoxy) is 1. The van der Waals surface area contributed by atoms with E-state index < -0.39 is 0 Å². The molecule has 1 saturated heterocycles. The number of benzene rings is 1. The van der Waals surface area contributed by atoms with Gasteiger partial charge in [-0.15, -0.1) is 0 Å². The second-order valence-corrected chi connectivity index (χ2v) is 4.27. The van der Waals surface area contributed by atoms with E-state index >= 15 is 0 Å². The summed E-state index contributed by atoms with van der Waals surface area (Å²) in [6.07, 6.45) is 1.11. The summed E-state index contributed by atoms with van der Waals surface area (Å²) in [7, 11) is 0. The van der Waals surface area contributed by atoms with Gasteiger partial charge in [-0.25, -0.2) is 0 Å². The van der Waals surface area contributed by atoms with Crippen LogP contribution in [0.2, 0.25) is 0 Å². The minimum atomic E-state index is 0.200. The first-order chi connectivity index (χ1) is 6.74. The standard InChI is InChI=1S/C12H17NO/c1-12(5-6-14-9-12)11-4-2-3-10(7-11)8-13/h2-4,7H,5-6,8-9,13H2,1H3. The Bertz CT molecular complexity index is 316. The Morgan fingerprint density at radius 3 is 3.00 bits per heavy atom. The Morgan fingerprint density at radius 1 is 1.50 bits per heavy atom. The summed E-state index contributed by atoms with van der Waals surface area (Å²) < 4.78 is 5.46. The average Bonchev–Trinajstić information content (AvgIpc) is 2.67. The first-order valence-electron chi connectivity index (χ1n) is 5.12. The third-order valence-corrected chi connectivity index (χ3v) is 3.08. The van der Waals surface area contributed by atoms with Gasteiger partial charge in [0.25, 0.3) is 0 Å². The summed E-state index contributed by atoms with van der Waals surface area (Å²) in [5.74, 6) is 0. The van der Waals surface area contributed by atoms with E-state index in [2.05, 4.69) is 31.2 Å². The second-order valence-electron chi connectivity index (χ2n) is 4.27. The van der Waals surface area contributed by atoms with Crippen molar-refractivity contribution in [1.82, 2.24) is 0 Å². The molecule has 0 aliphatic carbocycles. The zero-order valence-electron chi connectivity index (χ0n) is 8.62. The van der Waals surface area contributed by atoms with Gasteiger partial charge in [-0.3, -0.25) is 0 Å². The summed E-state index contributed by atoms with van der Waals surface area (Å²) in [5, 5.41) is 0. The molecule has 2 N–H and O–H groups in total. The summed E-state index contributed by atoms with van der Waals surface area (Å²) in [6.45, 7) is 4.59. The van der Waals surface area contributed by atoms with E-state index in [1.807, 2.05) is 0 Å². The van der Waals surface area contributed by atoms with Gasteiger partial charge in [0.1, 0.15) is 0 Å². The van der Waals surface area contributed by atoms with E-state index in [9.17, 15) is 0 Å². The summed E-state index contributed by atoms with van der Waals surface area (Å²) in [4.78, 5) is 0. The molecule has 0 bridgehead atoms. The van der Waals surface area contributed by atoms with Crippen molar-refractivity contribution in [2.75, 3.05) is 13.2 Å². The summed E-state index contributed by atoms with van der Waals surface area (Å²) in [6, 6.07) is 8.53. The lowest BCUT2D eigenvalue weighted by atomic mass is 9.81. The SMILES string of the molecule is CC1(c2cccc(CN)c2)CCOC1. The quantitative estimate of drug-likeness (QED) is 0.774. The van der Waals surface area contributed by atoms with Crippen molar-refractivity contribution in [3.8, 4) is 0 Å². The molecule has 14 heavy (non-hydrogen) atoms. The predicted molar refractivity (Wildman–Crippen MR) is 57.1 cm³/mol. The third-order valence-electron chi connectivity index (χ3n) is 3.08. The van der Waals surface area contributed by atoms with Crippen molar-refractivity contribution in [3.63, 3.8) is 0 Å². The molecule has 2 rings (SSSR count). The maximum atomic E-state index is 5.63. The van der Waals surface area contributed by atoms with Crippen molar-refractivity contribution in [3.05, 3.63) is 35.4 Å². The maximum Gasteiger partial charge on any atom is 0.0561 e. The minimum Gasteiger partial charge on any atom is -0.381 e. The smallest absolute Gasteiger partial charge is 0.0561 e. The molecule has 1 aliphatic rings. The van der Waals surface area contributed by atoms with Crippen molar-refractivity contribution in [2.24, 2.45) is 5.73 Å². The molecule has 2 nitrogen and oxygen atoms in total. The van der Waals surface area contributed by atoms with Gasteiger partial charge in [-0.2, -0.15) is 0 Å². The van der Waals surface area contributed by atoms with Crippen molar-refractivity contribution in [1.29, 1.82) is 0 Å². The predicted octanol–water partition coefficient (Wildman–Crippen LogP) is 1.82. The summed E-state index contributed by atoms with van der Waals surface area (Å²) >= 11 is 0. The fraction of sp³-hybridized carbons (Fsp3) is 0.500. The highest BCUT2D eigenvalue weighted by Crippen LogP contribution is 2.32. The van der Waals surface area contributed by atoms with Crippen LogP contribution in [0.15, 0.2) is 24.3 Å². The lowest BCUT2D eigenvalue weighted by molar-refractivity contribution is 0.181. The van der Waals surface area contributed by atoms with E-state index in [4.69, 9.17) is 10.5 Å². The van der Waals surface area contributed by atoms with E-state index in [1.54, 1.807) is 0 Å². The number of nitrogens with two attached hydrogens (primary N) is 1.